The van der Waals surface area contributed by atoms with Crippen LogP contribution in [0, 0.1) is 0 Å². The first-order chi connectivity index (χ1) is 9.47. The molecule has 21 heavy (non-hydrogen) atoms. The van der Waals surface area contributed by atoms with Crippen molar-refractivity contribution in [1.29, 1.82) is 0 Å². The third-order valence-electron chi connectivity index (χ3n) is 3.16. The summed E-state index contributed by atoms with van der Waals surface area (Å²) in [4.78, 5) is 12.2. The molecule has 1 aromatic carbocycles. The van der Waals surface area contributed by atoms with Crippen LogP contribution in [0.15, 0.2) is 40.8 Å². The van der Waals surface area contributed by atoms with Crippen LogP contribution in [0.3, 0.4) is 0 Å². The van der Waals surface area contributed by atoms with E-state index in [4.69, 9.17) is 0 Å². The summed E-state index contributed by atoms with van der Waals surface area (Å²) < 4.78 is 22.9. The normalized spacial score (nSPS) is 14.8. The minimum atomic E-state index is -3.29. The Balaban J connectivity index is 0.00000220. The zero-order valence-corrected chi connectivity index (χ0v) is 13.4. The molecule has 1 heterocycles. The third-order valence-corrected chi connectivity index (χ3v) is 4.27. The highest BCUT2D eigenvalue weighted by molar-refractivity contribution is 7.90. The topological polar surface area (TPSA) is 75.3 Å². The minimum absolute atomic E-state index is 0. The molecule has 0 aromatic heterocycles. The minimum Gasteiger partial charge on any atom is -0.348 e. The molecule has 0 aliphatic carbocycles. The van der Waals surface area contributed by atoms with E-state index in [1.807, 2.05) is 0 Å². The first-order valence-corrected chi connectivity index (χ1v) is 8.33. The first kappa shape index (κ1) is 17.7. The van der Waals surface area contributed by atoms with Gasteiger partial charge >= 0.3 is 0 Å². The van der Waals surface area contributed by atoms with E-state index in [2.05, 4.69) is 16.7 Å². The molecule has 116 valence electrons. The Morgan fingerprint density at radius 3 is 2.76 bits per heavy atom. The second-order valence-corrected chi connectivity index (χ2v) is 6.81. The highest BCUT2D eigenvalue weighted by atomic mass is 35.5. The van der Waals surface area contributed by atoms with Crippen molar-refractivity contribution in [3.8, 4) is 0 Å². The summed E-state index contributed by atoms with van der Waals surface area (Å²) in [6.07, 6.45) is 4.12. The number of nitrogens with one attached hydrogen (secondary N) is 2. The lowest BCUT2D eigenvalue weighted by atomic mass is 10.1. The summed E-state index contributed by atoms with van der Waals surface area (Å²) in [5, 5.41) is 6.02. The molecule has 0 saturated heterocycles. The van der Waals surface area contributed by atoms with Crippen molar-refractivity contribution in [2.24, 2.45) is 0 Å². The van der Waals surface area contributed by atoms with Gasteiger partial charge in [0.05, 0.1) is 4.90 Å². The van der Waals surface area contributed by atoms with E-state index in [1.54, 1.807) is 12.1 Å². The van der Waals surface area contributed by atoms with E-state index in [-0.39, 0.29) is 23.2 Å². The maximum Gasteiger partial charge on any atom is 0.251 e. The third kappa shape index (κ3) is 5.15. The van der Waals surface area contributed by atoms with Gasteiger partial charge in [0.15, 0.2) is 9.84 Å². The van der Waals surface area contributed by atoms with Gasteiger partial charge in [-0.3, -0.25) is 4.79 Å². The fraction of sp³-hybridized carbons (Fsp3) is 0.357. The largest absolute Gasteiger partial charge is 0.348 e. The fourth-order valence-corrected chi connectivity index (χ4v) is 2.66. The van der Waals surface area contributed by atoms with Gasteiger partial charge in [-0.15, -0.1) is 12.4 Å². The van der Waals surface area contributed by atoms with Crippen LogP contribution in [0.1, 0.15) is 16.8 Å². The lowest BCUT2D eigenvalue weighted by Crippen LogP contribution is -2.29. The Labute approximate surface area is 131 Å². The molecule has 0 radical (unpaired) electrons. The molecule has 0 fully saturated rings. The molecule has 2 rings (SSSR count). The van der Waals surface area contributed by atoms with Gasteiger partial charge in [0, 0.05) is 24.9 Å². The smallest absolute Gasteiger partial charge is 0.251 e. The van der Waals surface area contributed by atoms with Gasteiger partial charge in [-0.25, -0.2) is 8.42 Å². The van der Waals surface area contributed by atoms with Gasteiger partial charge in [0.1, 0.15) is 0 Å². The molecule has 0 saturated carbocycles. The molecular weight excluding hydrogens is 312 g/mol. The number of hydrogen-bond donors (Lipinski definition) is 2. The summed E-state index contributed by atoms with van der Waals surface area (Å²) in [5.41, 5.74) is 1.55. The molecule has 5 nitrogen and oxygen atoms in total. The van der Waals surface area contributed by atoms with E-state index >= 15 is 0 Å². The first-order valence-electron chi connectivity index (χ1n) is 6.44. The number of halogens is 1. The average Bonchev–Trinajstić information content (AvgIpc) is 2.45. The molecule has 1 aliphatic rings. The van der Waals surface area contributed by atoms with Crippen LogP contribution >= 0.6 is 12.4 Å². The molecule has 1 aliphatic heterocycles. The lowest BCUT2D eigenvalue weighted by molar-refractivity contribution is 0.0956. The van der Waals surface area contributed by atoms with Gasteiger partial charge in [-0.2, -0.15) is 0 Å². The fourth-order valence-electron chi connectivity index (χ4n) is 1.99. The second-order valence-electron chi connectivity index (χ2n) is 4.80. The monoisotopic (exact) mass is 330 g/mol. The van der Waals surface area contributed by atoms with E-state index in [1.165, 1.54) is 17.7 Å². The summed E-state index contributed by atoms with van der Waals surface area (Å²) in [6, 6.07) is 6.08. The van der Waals surface area contributed by atoms with Crippen LogP contribution in [0.4, 0.5) is 0 Å². The predicted octanol–water partition coefficient (Wildman–Crippen LogP) is 1.16. The molecule has 1 amide bonds. The van der Waals surface area contributed by atoms with Gasteiger partial charge in [0.2, 0.25) is 0 Å². The predicted molar refractivity (Wildman–Crippen MR) is 84.7 cm³/mol. The van der Waals surface area contributed by atoms with Crippen molar-refractivity contribution in [3.63, 3.8) is 0 Å². The number of amides is 1. The van der Waals surface area contributed by atoms with Crippen molar-refractivity contribution in [2.45, 2.75) is 11.3 Å². The van der Waals surface area contributed by atoms with Crippen molar-refractivity contribution in [3.05, 3.63) is 41.5 Å². The van der Waals surface area contributed by atoms with E-state index in [9.17, 15) is 13.2 Å². The molecule has 7 heteroatoms. The summed E-state index contributed by atoms with van der Waals surface area (Å²) in [7, 11) is -3.29. The Hall–Kier alpha value is -1.37. The van der Waals surface area contributed by atoms with Gasteiger partial charge in [-0.05, 0) is 31.2 Å². The number of rotatable bonds is 4. The zero-order chi connectivity index (χ0) is 14.6. The highest BCUT2D eigenvalue weighted by Crippen LogP contribution is 2.11. The average molecular weight is 331 g/mol. The zero-order valence-electron chi connectivity index (χ0n) is 11.8. The maximum absolute atomic E-state index is 12.0. The van der Waals surface area contributed by atoms with Crippen LogP contribution in [0.25, 0.3) is 0 Å². The summed E-state index contributed by atoms with van der Waals surface area (Å²) in [6.45, 7) is 2.25. The van der Waals surface area contributed by atoms with Crippen molar-refractivity contribution in [2.75, 3.05) is 25.9 Å². The molecule has 0 bridgehead atoms. The molecule has 1 aromatic rings. The quantitative estimate of drug-likeness (QED) is 0.812. The van der Waals surface area contributed by atoms with Crippen molar-refractivity contribution in [1.82, 2.24) is 10.6 Å². The van der Waals surface area contributed by atoms with Crippen LogP contribution < -0.4 is 10.6 Å². The highest BCUT2D eigenvalue weighted by Gasteiger charge is 2.12. The van der Waals surface area contributed by atoms with Crippen molar-refractivity contribution < 1.29 is 13.2 Å². The standard InChI is InChI=1S/C14H18N2O3S.ClH/c1-20(18,19)13-4-2-3-12(9-13)14(17)16-10-11-5-7-15-8-6-11;/h2-5,9,15H,6-8,10H2,1H3,(H,16,17);1H. The number of sulfone groups is 1. The van der Waals surface area contributed by atoms with Crippen LogP contribution in [-0.2, 0) is 9.84 Å². The Morgan fingerprint density at radius 1 is 1.38 bits per heavy atom. The summed E-state index contributed by atoms with van der Waals surface area (Å²) >= 11 is 0. The van der Waals surface area contributed by atoms with E-state index < -0.39 is 9.84 Å². The molecular formula is C14H19ClN2O3S. The molecule has 2 N–H and O–H groups in total. The maximum atomic E-state index is 12.0. The van der Waals surface area contributed by atoms with Gasteiger partial charge < -0.3 is 10.6 Å². The Kier molecular flexibility index (Phi) is 6.39. The molecule has 0 atom stereocenters. The Morgan fingerprint density at radius 2 is 2.14 bits per heavy atom. The van der Waals surface area contributed by atoms with Crippen molar-refractivity contribution >= 4 is 28.2 Å². The molecule has 0 unspecified atom stereocenters. The number of benzene rings is 1. The molecule has 0 spiro atoms. The SMILES string of the molecule is CS(=O)(=O)c1cccc(C(=O)NCC2=CCNCC2)c1.Cl. The van der Waals surface area contributed by atoms with Crippen LogP contribution in [0.5, 0.6) is 0 Å². The number of carbonyl (C=O) groups excluding carboxylic acids is 1. The van der Waals surface area contributed by atoms with E-state index in [0.29, 0.717) is 12.1 Å². The lowest BCUT2D eigenvalue weighted by Gasteiger charge is -2.14. The second kappa shape index (κ2) is 7.59. The van der Waals surface area contributed by atoms with Crippen LogP contribution in [-0.4, -0.2) is 40.2 Å². The van der Waals surface area contributed by atoms with E-state index in [0.717, 1.165) is 25.8 Å². The van der Waals surface area contributed by atoms with Gasteiger partial charge in [-0.1, -0.05) is 17.7 Å². The number of hydrogen-bond acceptors (Lipinski definition) is 4. The summed E-state index contributed by atoms with van der Waals surface area (Å²) in [5.74, 6) is -0.255. The van der Waals surface area contributed by atoms with Gasteiger partial charge in [0.25, 0.3) is 5.91 Å². The Bertz CT molecular complexity index is 641. The number of carbonyl (C=O) groups is 1. The van der Waals surface area contributed by atoms with Crippen LogP contribution in [0.2, 0.25) is 0 Å².